The van der Waals surface area contributed by atoms with Crippen LogP contribution in [0.4, 0.5) is 0 Å². The maximum atomic E-state index is 12.2. The van der Waals surface area contributed by atoms with E-state index in [0.717, 1.165) is 19.4 Å². The summed E-state index contributed by atoms with van der Waals surface area (Å²) in [4.78, 5) is 18.4. The number of ketones is 1. The van der Waals surface area contributed by atoms with Crippen molar-refractivity contribution in [1.82, 2.24) is 4.90 Å². The number of amidine groups is 1. The van der Waals surface area contributed by atoms with Crippen LogP contribution in [0.1, 0.15) is 96.8 Å². The van der Waals surface area contributed by atoms with Crippen LogP contribution in [-0.4, -0.2) is 47.9 Å². The molecule has 4 heteroatoms. The number of carbonyl (C=O) groups is 1. The summed E-state index contributed by atoms with van der Waals surface area (Å²) in [5, 5.41) is 9.03. The lowest BCUT2D eigenvalue weighted by Crippen LogP contribution is -2.35. The Hall–Kier alpha value is -1.16. The number of hydrogen-bond donors (Lipinski definition) is 1. The number of unbranched alkanes of at least 4 members (excludes halogenated alkanes) is 11. The average molecular weight is 379 g/mol. The molecule has 0 radical (unpaired) electrons. The molecule has 4 nitrogen and oxygen atoms in total. The Bertz CT molecular complexity index is 432. The number of rotatable bonds is 18. The third kappa shape index (κ3) is 12.0. The van der Waals surface area contributed by atoms with E-state index in [1.54, 1.807) is 0 Å². The fraction of sp³-hybridized carbons (Fsp3) is 0.826. The zero-order valence-electron chi connectivity index (χ0n) is 17.6. The summed E-state index contributed by atoms with van der Waals surface area (Å²) in [7, 11) is 0. The second-order valence-electron chi connectivity index (χ2n) is 7.67. The van der Waals surface area contributed by atoms with Crippen LogP contribution in [0, 0.1) is 0 Å². The highest BCUT2D eigenvalue weighted by Gasteiger charge is 2.22. The van der Waals surface area contributed by atoms with E-state index in [1.807, 2.05) is 4.90 Å². The van der Waals surface area contributed by atoms with Gasteiger partial charge in [0.1, 0.15) is 0 Å². The molecule has 1 aliphatic heterocycles. The Balaban J connectivity index is 1.89. The molecule has 0 bridgehead atoms. The predicted molar refractivity (Wildman–Crippen MR) is 115 cm³/mol. The van der Waals surface area contributed by atoms with E-state index >= 15 is 0 Å². The Morgan fingerprint density at radius 3 is 2.19 bits per heavy atom. The summed E-state index contributed by atoms with van der Waals surface area (Å²) in [5.74, 6) is 0.748. The Kier molecular flexibility index (Phi) is 15.0. The van der Waals surface area contributed by atoms with Gasteiger partial charge in [0.25, 0.3) is 0 Å². The smallest absolute Gasteiger partial charge is 0.197 e. The molecule has 1 aliphatic rings. The van der Waals surface area contributed by atoms with Gasteiger partial charge in [-0.25, -0.2) is 0 Å². The van der Waals surface area contributed by atoms with Crippen molar-refractivity contribution in [3.8, 4) is 0 Å². The highest BCUT2D eigenvalue weighted by Crippen LogP contribution is 2.11. The van der Waals surface area contributed by atoms with Crippen molar-refractivity contribution in [2.75, 3.05) is 26.2 Å². The van der Waals surface area contributed by atoms with E-state index in [-0.39, 0.29) is 12.4 Å². The number of hydrogen-bond acceptors (Lipinski definition) is 4. The molecule has 1 rings (SSSR count). The molecular formula is C23H42N2O2. The standard InChI is InChI=1S/C23H42N2O2/c1-2-3-4-5-6-7-8-9-10-11-12-13-14-15-16-17-22(27)23-24-18-19-25(23)20-21-26/h9-10,26H,2-8,11-21H2,1H3. The summed E-state index contributed by atoms with van der Waals surface area (Å²) in [6.07, 6.45) is 21.8. The van der Waals surface area contributed by atoms with Gasteiger partial charge < -0.3 is 10.0 Å². The predicted octanol–water partition coefficient (Wildman–Crippen LogP) is 5.30. The second-order valence-corrected chi connectivity index (χ2v) is 7.67. The van der Waals surface area contributed by atoms with Crippen LogP contribution in [0.3, 0.4) is 0 Å². The highest BCUT2D eigenvalue weighted by atomic mass is 16.3. The van der Waals surface area contributed by atoms with Crippen LogP contribution in [0.5, 0.6) is 0 Å². The van der Waals surface area contributed by atoms with Crippen molar-refractivity contribution in [3.63, 3.8) is 0 Å². The molecule has 0 atom stereocenters. The Labute approximate surface area is 167 Å². The topological polar surface area (TPSA) is 52.9 Å². The van der Waals surface area contributed by atoms with E-state index in [1.165, 1.54) is 70.6 Å². The van der Waals surface area contributed by atoms with E-state index in [2.05, 4.69) is 24.1 Å². The van der Waals surface area contributed by atoms with Gasteiger partial charge in [0.2, 0.25) is 0 Å². The minimum absolute atomic E-state index is 0.0830. The molecule has 1 N–H and O–H groups in total. The van der Waals surface area contributed by atoms with E-state index < -0.39 is 0 Å². The molecule has 0 fully saturated rings. The zero-order chi connectivity index (χ0) is 19.6. The molecular weight excluding hydrogens is 336 g/mol. The molecule has 0 amide bonds. The van der Waals surface area contributed by atoms with Gasteiger partial charge in [-0.3, -0.25) is 9.79 Å². The van der Waals surface area contributed by atoms with Crippen molar-refractivity contribution in [1.29, 1.82) is 0 Å². The lowest BCUT2D eigenvalue weighted by molar-refractivity contribution is -0.113. The van der Waals surface area contributed by atoms with Crippen LogP contribution >= 0.6 is 0 Å². The maximum absolute atomic E-state index is 12.2. The summed E-state index contributed by atoms with van der Waals surface area (Å²) >= 11 is 0. The number of allylic oxidation sites excluding steroid dienone is 2. The lowest BCUT2D eigenvalue weighted by atomic mass is 10.1. The van der Waals surface area contributed by atoms with E-state index in [9.17, 15) is 4.79 Å². The van der Waals surface area contributed by atoms with Crippen molar-refractivity contribution in [2.45, 2.75) is 96.8 Å². The number of Topliss-reactive ketones (excluding diaryl/α,β-unsaturated/α-hetero) is 1. The first-order valence-corrected chi connectivity index (χ1v) is 11.4. The number of nitrogens with zero attached hydrogens (tertiary/aromatic N) is 2. The van der Waals surface area contributed by atoms with E-state index in [0.29, 0.717) is 25.3 Å². The molecule has 0 aliphatic carbocycles. The number of carbonyl (C=O) groups excluding carboxylic acids is 1. The molecule has 0 spiro atoms. The SMILES string of the molecule is CCCCCCCCC=CCCCCCCCC(=O)C1=NCCN1CCO. The summed E-state index contributed by atoms with van der Waals surface area (Å²) in [6.45, 7) is 4.33. The van der Waals surface area contributed by atoms with Gasteiger partial charge in [-0.1, -0.05) is 70.4 Å². The van der Waals surface area contributed by atoms with Gasteiger partial charge in [-0.05, 0) is 32.1 Å². The third-order valence-electron chi connectivity index (χ3n) is 5.22. The molecule has 0 aromatic rings. The first-order chi connectivity index (χ1) is 13.3. The minimum Gasteiger partial charge on any atom is -0.395 e. The van der Waals surface area contributed by atoms with Crippen molar-refractivity contribution >= 4 is 11.6 Å². The zero-order valence-corrected chi connectivity index (χ0v) is 17.6. The second kappa shape index (κ2) is 17.0. The minimum atomic E-state index is 0.0830. The Morgan fingerprint density at radius 1 is 0.963 bits per heavy atom. The van der Waals surface area contributed by atoms with Crippen LogP contribution in [0.25, 0.3) is 0 Å². The summed E-state index contributed by atoms with van der Waals surface area (Å²) < 4.78 is 0. The average Bonchev–Trinajstić information content (AvgIpc) is 3.13. The lowest BCUT2D eigenvalue weighted by Gasteiger charge is -2.17. The first-order valence-electron chi connectivity index (χ1n) is 11.4. The number of aliphatic imine (C=N–C) groups is 1. The van der Waals surface area contributed by atoms with Gasteiger partial charge >= 0.3 is 0 Å². The Morgan fingerprint density at radius 2 is 1.56 bits per heavy atom. The number of aliphatic hydroxyl groups excluding tert-OH is 1. The van der Waals surface area contributed by atoms with Gasteiger partial charge in [-0.2, -0.15) is 0 Å². The summed E-state index contributed by atoms with van der Waals surface area (Å²) in [6, 6.07) is 0. The summed E-state index contributed by atoms with van der Waals surface area (Å²) in [5.41, 5.74) is 0. The van der Waals surface area contributed by atoms with Crippen LogP contribution in [0.15, 0.2) is 17.1 Å². The molecule has 156 valence electrons. The molecule has 0 unspecified atom stereocenters. The molecule has 0 aromatic carbocycles. The van der Waals surface area contributed by atoms with Gasteiger partial charge in [0.05, 0.1) is 13.2 Å². The normalized spacial score (nSPS) is 14.3. The van der Waals surface area contributed by atoms with Crippen LogP contribution in [0.2, 0.25) is 0 Å². The van der Waals surface area contributed by atoms with Crippen LogP contribution in [-0.2, 0) is 4.79 Å². The van der Waals surface area contributed by atoms with Gasteiger partial charge in [0.15, 0.2) is 11.6 Å². The molecule has 27 heavy (non-hydrogen) atoms. The fourth-order valence-corrected chi connectivity index (χ4v) is 3.55. The largest absolute Gasteiger partial charge is 0.395 e. The van der Waals surface area contributed by atoms with Gasteiger partial charge in [0, 0.05) is 19.5 Å². The highest BCUT2D eigenvalue weighted by molar-refractivity contribution is 6.39. The maximum Gasteiger partial charge on any atom is 0.197 e. The molecule has 1 heterocycles. The number of β-amino-alcohol motifs (C(OH)–C–C–N with tert-alkyl or cyclic N) is 1. The monoisotopic (exact) mass is 378 g/mol. The van der Waals surface area contributed by atoms with Crippen LogP contribution < -0.4 is 0 Å². The molecule has 0 saturated carbocycles. The third-order valence-corrected chi connectivity index (χ3v) is 5.22. The van der Waals surface area contributed by atoms with E-state index in [4.69, 9.17) is 5.11 Å². The molecule has 0 saturated heterocycles. The van der Waals surface area contributed by atoms with Crippen molar-refractivity contribution in [3.05, 3.63) is 12.2 Å². The molecule has 0 aromatic heterocycles. The van der Waals surface area contributed by atoms with Gasteiger partial charge in [-0.15, -0.1) is 0 Å². The fourth-order valence-electron chi connectivity index (χ4n) is 3.55. The van der Waals surface area contributed by atoms with Crippen molar-refractivity contribution < 1.29 is 9.90 Å². The van der Waals surface area contributed by atoms with Crippen molar-refractivity contribution in [2.24, 2.45) is 4.99 Å². The first kappa shape index (κ1) is 23.9. The quantitative estimate of drug-likeness (QED) is 0.260. The number of aliphatic hydroxyl groups is 1.